The van der Waals surface area contributed by atoms with Gasteiger partial charge in [0, 0.05) is 56.9 Å². The Hall–Kier alpha value is -1.78. The Kier molecular flexibility index (Phi) is 12.0. The van der Waals surface area contributed by atoms with Gasteiger partial charge in [-0.15, -0.1) is 11.8 Å². The first-order valence-electron chi connectivity index (χ1n) is 12.9. The Bertz CT molecular complexity index is 1010. The van der Waals surface area contributed by atoms with E-state index in [1.807, 2.05) is 37.4 Å². The van der Waals surface area contributed by atoms with Crippen molar-refractivity contribution in [2.45, 2.75) is 44.0 Å². The Morgan fingerprint density at radius 2 is 2.05 bits per heavy atom. The van der Waals surface area contributed by atoms with Gasteiger partial charge in [-0.05, 0) is 41.5 Å². The minimum atomic E-state index is -0.812. The number of likely N-dealkylation sites (N-methyl/N-ethyl adjacent to an activating group) is 1. The van der Waals surface area contributed by atoms with Gasteiger partial charge in [0.1, 0.15) is 4.71 Å². The topological polar surface area (TPSA) is 53.8 Å². The molecule has 1 saturated heterocycles. The molecule has 0 amide bonds. The zero-order valence-corrected chi connectivity index (χ0v) is 23.8. The summed E-state index contributed by atoms with van der Waals surface area (Å²) in [5.74, 6) is -0.804. The molecule has 37 heavy (non-hydrogen) atoms. The number of hydrogen-bond acceptors (Lipinski definition) is 7. The van der Waals surface area contributed by atoms with Crippen LogP contribution < -0.4 is 11.1 Å². The van der Waals surface area contributed by atoms with Crippen LogP contribution >= 0.6 is 23.5 Å². The molecular weight excluding hydrogens is 510 g/mol. The molecule has 1 aromatic rings. The number of hydrogen-bond donors (Lipinski definition) is 2. The van der Waals surface area contributed by atoms with Gasteiger partial charge in [-0.25, -0.2) is 8.78 Å². The van der Waals surface area contributed by atoms with Gasteiger partial charge in [0.15, 0.2) is 11.6 Å². The molecule has 0 saturated carbocycles. The van der Waals surface area contributed by atoms with E-state index >= 15 is 0 Å². The highest BCUT2D eigenvalue weighted by Crippen LogP contribution is 2.41. The highest BCUT2D eigenvalue weighted by molar-refractivity contribution is 8.18. The number of nitrogens with one attached hydrogen (secondary N) is 1. The summed E-state index contributed by atoms with van der Waals surface area (Å²) in [7, 11) is 2.15. The number of rotatable bonds is 10. The first-order chi connectivity index (χ1) is 17.9. The van der Waals surface area contributed by atoms with Crippen molar-refractivity contribution in [2.24, 2.45) is 5.73 Å². The van der Waals surface area contributed by atoms with Gasteiger partial charge in [-0.3, -0.25) is 4.90 Å². The fourth-order valence-corrected chi connectivity index (χ4v) is 6.68. The molecule has 5 nitrogen and oxygen atoms in total. The Morgan fingerprint density at radius 1 is 1.24 bits per heavy atom. The van der Waals surface area contributed by atoms with Crippen LogP contribution in [0, 0.1) is 11.6 Å². The molecule has 3 N–H and O–H groups in total. The number of nitrogens with two attached hydrogens (primary N) is 1. The second-order valence-electron chi connectivity index (χ2n) is 9.05. The summed E-state index contributed by atoms with van der Waals surface area (Å²) >= 11 is 3.70. The zero-order chi connectivity index (χ0) is 26.8. The number of ether oxygens (including phenoxy) is 1. The molecule has 1 aromatic carbocycles. The normalized spacial score (nSPS) is 22.0. The van der Waals surface area contributed by atoms with Crippen molar-refractivity contribution < 1.29 is 13.5 Å². The van der Waals surface area contributed by atoms with Gasteiger partial charge in [0.25, 0.3) is 0 Å². The fourth-order valence-electron chi connectivity index (χ4n) is 4.35. The van der Waals surface area contributed by atoms with Crippen molar-refractivity contribution in [1.82, 2.24) is 15.1 Å². The third-order valence-electron chi connectivity index (χ3n) is 6.41. The van der Waals surface area contributed by atoms with Crippen LogP contribution in [0.5, 0.6) is 0 Å². The van der Waals surface area contributed by atoms with Gasteiger partial charge < -0.3 is 20.7 Å². The van der Waals surface area contributed by atoms with E-state index in [-0.39, 0.29) is 6.10 Å². The smallest absolute Gasteiger partial charge is 0.159 e. The maximum absolute atomic E-state index is 13.5. The highest BCUT2D eigenvalue weighted by atomic mass is 32.2. The summed E-state index contributed by atoms with van der Waals surface area (Å²) in [6.07, 6.45) is 6.48. The largest absolute Gasteiger partial charge is 0.385 e. The van der Waals surface area contributed by atoms with Crippen LogP contribution in [0.15, 0.2) is 64.9 Å². The van der Waals surface area contributed by atoms with Crippen LogP contribution in [0.2, 0.25) is 0 Å². The molecule has 2 heterocycles. The van der Waals surface area contributed by atoms with Crippen molar-refractivity contribution in [3.63, 3.8) is 0 Å². The van der Waals surface area contributed by atoms with E-state index in [2.05, 4.69) is 46.3 Å². The molecule has 0 radical (unpaired) electrons. The standard InChI is InChI=1S/C26H34F2N4OS2.C2H6/c1-18(16-34-26-31(2)25(17-35-26)21-6-3-19(12-29)4-7-21)30-13-22-15-32(9-10-33-22)14-20-5-8-23(27)24(28)11-20;1-2/h3,5-6,8,11,17,22,26,30H,1,4,7,9-10,12-16,29H2,2H3;1-2H3. The molecular formula is C28H40F2N4OS2. The maximum atomic E-state index is 13.5. The number of benzene rings is 1. The number of halogens is 2. The summed E-state index contributed by atoms with van der Waals surface area (Å²) in [6.45, 7) is 12.2. The molecule has 0 aromatic heterocycles. The monoisotopic (exact) mass is 550 g/mol. The van der Waals surface area contributed by atoms with Crippen LogP contribution in [0.3, 0.4) is 0 Å². The molecule has 4 rings (SSSR count). The van der Waals surface area contributed by atoms with E-state index in [4.69, 9.17) is 10.5 Å². The highest BCUT2D eigenvalue weighted by Gasteiger charge is 2.27. The first-order valence-corrected chi connectivity index (χ1v) is 14.9. The van der Waals surface area contributed by atoms with E-state index in [1.165, 1.54) is 29.0 Å². The molecule has 1 aliphatic carbocycles. The van der Waals surface area contributed by atoms with Crippen LogP contribution in [-0.4, -0.2) is 66.2 Å². The predicted octanol–water partition coefficient (Wildman–Crippen LogP) is 5.44. The van der Waals surface area contributed by atoms with E-state index in [0.717, 1.165) is 42.9 Å². The lowest BCUT2D eigenvalue weighted by Crippen LogP contribution is -2.46. The summed E-state index contributed by atoms with van der Waals surface area (Å²) in [5.41, 5.74) is 11.5. The van der Waals surface area contributed by atoms with Crippen molar-refractivity contribution in [3.05, 3.63) is 82.1 Å². The van der Waals surface area contributed by atoms with Crippen molar-refractivity contribution in [3.8, 4) is 0 Å². The third kappa shape index (κ3) is 8.61. The lowest BCUT2D eigenvalue weighted by Gasteiger charge is -2.33. The minimum absolute atomic E-state index is 0.0253. The number of morpholine rings is 1. The van der Waals surface area contributed by atoms with E-state index in [0.29, 0.717) is 30.9 Å². The molecule has 204 valence electrons. The molecule has 2 atom stereocenters. The summed E-state index contributed by atoms with van der Waals surface area (Å²) in [5, 5.41) is 5.69. The number of nitrogens with zero attached hydrogens (tertiary/aromatic N) is 2. The number of thioether (sulfide) groups is 2. The Labute approximate surface area is 229 Å². The van der Waals surface area contributed by atoms with Crippen LogP contribution in [-0.2, 0) is 11.3 Å². The van der Waals surface area contributed by atoms with E-state index in [9.17, 15) is 8.78 Å². The van der Waals surface area contributed by atoms with Crippen molar-refractivity contribution in [2.75, 3.05) is 45.6 Å². The molecule has 0 spiro atoms. The van der Waals surface area contributed by atoms with Gasteiger partial charge >= 0.3 is 0 Å². The van der Waals surface area contributed by atoms with Crippen molar-refractivity contribution >= 4 is 23.5 Å². The fraction of sp³-hybridized carbons (Fsp3) is 0.500. The summed E-state index contributed by atoms with van der Waals surface area (Å²) in [6, 6.07) is 4.09. The molecule has 9 heteroatoms. The van der Waals surface area contributed by atoms with Gasteiger partial charge in [0.05, 0.1) is 12.7 Å². The molecule has 1 fully saturated rings. The van der Waals surface area contributed by atoms with Crippen molar-refractivity contribution in [1.29, 1.82) is 0 Å². The predicted molar refractivity (Wildman–Crippen MR) is 154 cm³/mol. The van der Waals surface area contributed by atoms with Crippen LogP contribution in [0.4, 0.5) is 8.78 Å². The molecule has 3 aliphatic rings. The van der Waals surface area contributed by atoms with E-state index < -0.39 is 11.6 Å². The van der Waals surface area contributed by atoms with Crippen LogP contribution in [0.1, 0.15) is 32.3 Å². The SMILES string of the molecule is C=C(CSC1SC=C(C2=CC=C(CN)CC2)N1C)NCC1CN(Cc2ccc(F)c(F)c2)CCO1.CC. The summed E-state index contributed by atoms with van der Waals surface area (Å²) in [4.78, 5) is 4.55. The quantitative estimate of drug-likeness (QED) is 0.403. The lowest BCUT2D eigenvalue weighted by atomic mass is 9.96. The average molecular weight is 551 g/mol. The lowest BCUT2D eigenvalue weighted by molar-refractivity contribution is -0.0289. The van der Waals surface area contributed by atoms with Gasteiger partial charge in [0.2, 0.25) is 0 Å². The minimum Gasteiger partial charge on any atom is -0.385 e. The molecule has 2 aliphatic heterocycles. The third-order valence-corrected chi connectivity index (χ3v) is 9.18. The first kappa shape index (κ1) is 29.8. The van der Waals surface area contributed by atoms with Gasteiger partial charge in [-0.1, -0.05) is 56.0 Å². The van der Waals surface area contributed by atoms with Crippen LogP contribution in [0.25, 0.3) is 0 Å². The molecule has 2 unspecified atom stereocenters. The maximum Gasteiger partial charge on any atom is 0.159 e. The second kappa shape index (κ2) is 15.0. The Balaban J connectivity index is 0.00000186. The Morgan fingerprint density at radius 3 is 2.76 bits per heavy atom. The average Bonchev–Trinajstić information content (AvgIpc) is 3.29. The van der Waals surface area contributed by atoms with Gasteiger partial charge in [-0.2, -0.15) is 0 Å². The second-order valence-corrected chi connectivity index (χ2v) is 11.4. The number of allylic oxidation sites excluding steroid dienone is 3. The summed E-state index contributed by atoms with van der Waals surface area (Å²) < 4.78 is 32.9. The molecule has 0 bridgehead atoms. The van der Waals surface area contributed by atoms with E-state index in [1.54, 1.807) is 6.07 Å². The zero-order valence-electron chi connectivity index (χ0n) is 22.1.